The highest BCUT2D eigenvalue weighted by atomic mass is 32.1. The van der Waals surface area contributed by atoms with E-state index in [9.17, 15) is 10.1 Å². The van der Waals surface area contributed by atoms with Crippen LogP contribution in [0.1, 0.15) is 10.7 Å². The molecule has 0 aliphatic rings. The minimum Gasteiger partial charge on any atom is -0.378 e. The first-order valence-corrected chi connectivity index (χ1v) is 6.37. The Bertz CT molecular complexity index is 599. The zero-order chi connectivity index (χ0) is 13.8. The van der Waals surface area contributed by atoms with Gasteiger partial charge in [-0.15, -0.1) is 11.3 Å². The Morgan fingerprint density at radius 2 is 2.16 bits per heavy atom. The molecule has 2 rings (SSSR count). The zero-order valence-electron chi connectivity index (χ0n) is 10.2. The topological polar surface area (TPSA) is 106 Å². The van der Waals surface area contributed by atoms with Crippen molar-refractivity contribution in [2.45, 2.75) is 13.5 Å². The molecule has 0 unspecified atom stereocenters. The molecular weight excluding hydrogens is 266 g/mol. The number of rotatable bonds is 5. The van der Waals surface area contributed by atoms with Gasteiger partial charge < -0.3 is 10.7 Å². The van der Waals surface area contributed by atoms with E-state index in [0.29, 0.717) is 17.9 Å². The third kappa shape index (κ3) is 3.39. The van der Waals surface area contributed by atoms with Gasteiger partial charge in [0.1, 0.15) is 5.01 Å². The number of aromatic nitrogens is 1. The number of benzene rings is 1. The summed E-state index contributed by atoms with van der Waals surface area (Å²) >= 11 is 1.54. The normalized spacial score (nSPS) is 10.2. The number of anilines is 2. The van der Waals surface area contributed by atoms with E-state index in [-0.39, 0.29) is 5.69 Å². The van der Waals surface area contributed by atoms with E-state index in [1.165, 1.54) is 12.1 Å². The van der Waals surface area contributed by atoms with Crippen LogP contribution in [-0.2, 0) is 6.54 Å². The van der Waals surface area contributed by atoms with Gasteiger partial charge >= 0.3 is 0 Å². The summed E-state index contributed by atoms with van der Waals surface area (Å²) in [6.45, 7) is 2.44. The molecule has 0 aliphatic carbocycles. The van der Waals surface area contributed by atoms with Gasteiger partial charge in [0.25, 0.3) is 5.69 Å². The number of nitro benzene ring substituents is 1. The highest BCUT2D eigenvalue weighted by Crippen LogP contribution is 2.24. The molecule has 0 amide bonds. The highest BCUT2D eigenvalue weighted by molar-refractivity contribution is 7.09. The fourth-order valence-electron chi connectivity index (χ4n) is 1.56. The maximum atomic E-state index is 10.8. The minimum atomic E-state index is -0.459. The molecule has 1 aromatic heterocycles. The number of hydrogen-bond acceptors (Lipinski definition) is 7. The number of aryl methyl sites for hydroxylation is 1. The molecule has 19 heavy (non-hydrogen) atoms. The lowest BCUT2D eigenvalue weighted by Gasteiger charge is -2.07. The number of nitrogens with two attached hydrogens (primary N) is 1. The van der Waals surface area contributed by atoms with Crippen molar-refractivity contribution in [3.63, 3.8) is 0 Å². The second-order valence-corrected chi connectivity index (χ2v) is 4.85. The number of nitro groups is 1. The molecule has 0 radical (unpaired) electrons. The van der Waals surface area contributed by atoms with Crippen LogP contribution in [0, 0.1) is 17.0 Å². The summed E-state index contributed by atoms with van der Waals surface area (Å²) in [5.74, 6) is 5.29. The standard InChI is InChI=1S/C11H13N5O2S/c1-7-6-19-11(14-7)5-13-8-2-9(15-12)4-10(3-8)16(17)18/h2-4,6,13,15H,5,12H2,1H3. The number of nitrogen functional groups attached to an aromatic ring is 1. The van der Waals surface area contributed by atoms with E-state index in [1.807, 2.05) is 12.3 Å². The van der Waals surface area contributed by atoms with Crippen molar-refractivity contribution in [2.75, 3.05) is 10.7 Å². The van der Waals surface area contributed by atoms with Crippen LogP contribution in [-0.4, -0.2) is 9.91 Å². The molecule has 1 heterocycles. The summed E-state index contributed by atoms with van der Waals surface area (Å²) in [4.78, 5) is 14.6. The Morgan fingerprint density at radius 3 is 2.74 bits per heavy atom. The van der Waals surface area contributed by atoms with Gasteiger partial charge in [-0.05, 0) is 13.0 Å². The van der Waals surface area contributed by atoms with Crippen molar-refractivity contribution in [1.29, 1.82) is 0 Å². The van der Waals surface area contributed by atoms with Gasteiger partial charge in [0.2, 0.25) is 0 Å². The summed E-state index contributed by atoms with van der Waals surface area (Å²) in [7, 11) is 0. The van der Waals surface area contributed by atoms with Crippen LogP contribution >= 0.6 is 11.3 Å². The molecule has 100 valence electrons. The average molecular weight is 279 g/mol. The smallest absolute Gasteiger partial charge is 0.273 e. The first kappa shape index (κ1) is 13.2. The van der Waals surface area contributed by atoms with E-state index in [2.05, 4.69) is 15.7 Å². The maximum absolute atomic E-state index is 10.8. The van der Waals surface area contributed by atoms with Gasteiger partial charge in [0.05, 0.1) is 17.2 Å². The van der Waals surface area contributed by atoms with Crippen LogP contribution in [0.5, 0.6) is 0 Å². The van der Waals surface area contributed by atoms with Crippen LogP contribution < -0.4 is 16.6 Å². The summed E-state index contributed by atoms with van der Waals surface area (Å²) in [6.07, 6.45) is 0. The van der Waals surface area contributed by atoms with Gasteiger partial charge in [-0.25, -0.2) is 4.98 Å². The van der Waals surface area contributed by atoms with Crippen LogP contribution in [0.15, 0.2) is 23.6 Å². The van der Waals surface area contributed by atoms with Crippen molar-refractivity contribution in [3.8, 4) is 0 Å². The van der Waals surface area contributed by atoms with Crippen LogP contribution in [0.2, 0.25) is 0 Å². The lowest BCUT2D eigenvalue weighted by Crippen LogP contribution is -2.08. The minimum absolute atomic E-state index is 0.0201. The second-order valence-electron chi connectivity index (χ2n) is 3.91. The Kier molecular flexibility index (Phi) is 3.93. The number of hydrogen-bond donors (Lipinski definition) is 3. The van der Waals surface area contributed by atoms with Crippen molar-refractivity contribution in [2.24, 2.45) is 5.84 Å². The molecular formula is C11H13N5O2S. The lowest BCUT2D eigenvalue weighted by molar-refractivity contribution is -0.384. The van der Waals surface area contributed by atoms with Crippen molar-refractivity contribution >= 4 is 28.4 Å². The first-order valence-electron chi connectivity index (χ1n) is 5.49. The molecule has 7 nitrogen and oxygen atoms in total. The third-order valence-corrected chi connectivity index (χ3v) is 3.37. The number of non-ortho nitro benzene ring substituents is 1. The molecule has 0 fully saturated rings. The highest BCUT2D eigenvalue weighted by Gasteiger charge is 2.09. The Hall–Kier alpha value is -2.19. The molecule has 2 aromatic rings. The van der Waals surface area contributed by atoms with Gasteiger partial charge in [-0.1, -0.05) is 0 Å². The Morgan fingerprint density at radius 1 is 1.42 bits per heavy atom. The van der Waals surface area contributed by atoms with Crippen LogP contribution in [0.4, 0.5) is 17.1 Å². The van der Waals surface area contributed by atoms with Crippen molar-refractivity contribution < 1.29 is 4.92 Å². The molecule has 0 spiro atoms. The molecule has 4 N–H and O–H groups in total. The van der Waals surface area contributed by atoms with E-state index in [1.54, 1.807) is 17.4 Å². The predicted octanol–water partition coefficient (Wildman–Crippen LogP) is 2.26. The molecule has 0 bridgehead atoms. The predicted molar refractivity (Wildman–Crippen MR) is 75.1 cm³/mol. The van der Waals surface area contributed by atoms with Crippen LogP contribution in [0.25, 0.3) is 0 Å². The fraction of sp³-hybridized carbons (Fsp3) is 0.182. The van der Waals surface area contributed by atoms with E-state index >= 15 is 0 Å². The number of nitrogens with zero attached hydrogens (tertiary/aromatic N) is 2. The van der Waals surface area contributed by atoms with E-state index < -0.39 is 4.92 Å². The largest absolute Gasteiger partial charge is 0.378 e. The van der Waals surface area contributed by atoms with E-state index in [4.69, 9.17) is 5.84 Å². The number of nitrogens with one attached hydrogen (secondary N) is 2. The Balaban J connectivity index is 2.15. The third-order valence-electron chi connectivity index (χ3n) is 2.41. The zero-order valence-corrected chi connectivity index (χ0v) is 11.0. The van der Waals surface area contributed by atoms with Gasteiger partial charge in [0, 0.05) is 28.9 Å². The summed E-state index contributed by atoms with van der Waals surface area (Å²) in [5.41, 5.74) is 4.45. The molecule has 1 aromatic carbocycles. The van der Waals surface area contributed by atoms with Crippen LogP contribution in [0.3, 0.4) is 0 Å². The summed E-state index contributed by atoms with van der Waals surface area (Å²) in [6, 6.07) is 4.54. The fourth-order valence-corrected chi connectivity index (χ4v) is 2.28. The first-order chi connectivity index (χ1) is 9.08. The van der Waals surface area contributed by atoms with Gasteiger partial charge in [-0.3, -0.25) is 16.0 Å². The average Bonchev–Trinajstić information content (AvgIpc) is 2.81. The number of thiazole rings is 1. The Labute approximate surface area is 113 Å². The molecule has 8 heteroatoms. The monoisotopic (exact) mass is 279 g/mol. The maximum Gasteiger partial charge on any atom is 0.273 e. The quantitative estimate of drug-likeness (QED) is 0.440. The molecule has 0 saturated heterocycles. The van der Waals surface area contributed by atoms with E-state index in [0.717, 1.165) is 10.7 Å². The number of hydrazine groups is 1. The lowest BCUT2D eigenvalue weighted by atomic mass is 10.2. The second kappa shape index (κ2) is 5.63. The van der Waals surface area contributed by atoms with Gasteiger partial charge in [0.15, 0.2) is 0 Å². The molecule has 0 aliphatic heterocycles. The molecule has 0 saturated carbocycles. The van der Waals surface area contributed by atoms with Crippen molar-refractivity contribution in [3.05, 3.63) is 44.4 Å². The summed E-state index contributed by atoms with van der Waals surface area (Å²) in [5, 5.41) is 16.8. The molecule has 0 atom stereocenters. The SMILES string of the molecule is Cc1csc(CNc2cc(NN)cc([N+](=O)[O-])c2)n1. The summed E-state index contributed by atoms with van der Waals surface area (Å²) < 4.78 is 0. The van der Waals surface area contributed by atoms with Crippen molar-refractivity contribution in [1.82, 2.24) is 4.98 Å². The van der Waals surface area contributed by atoms with Gasteiger partial charge in [-0.2, -0.15) is 0 Å².